The molecule has 1 heterocycles. The lowest BCUT2D eigenvalue weighted by molar-refractivity contribution is -0.145. The molecule has 1 aliphatic heterocycles. The molecular formula is C11H21NO4. The van der Waals surface area contributed by atoms with E-state index in [1.807, 2.05) is 0 Å². The summed E-state index contributed by atoms with van der Waals surface area (Å²) in [5.41, 5.74) is -0.751. The third-order valence-electron chi connectivity index (χ3n) is 2.80. The van der Waals surface area contributed by atoms with Crippen molar-refractivity contribution in [3.8, 4) is 0 Å². The van der Waals surface area contributed by atoms with Gasteiger partial charge in [-0.05, 0) is 13.8 Å². The van der Waals surface area contributed by atoms with Crippen LogP contribution in [0.4, 0.5) is 0 Å². The summed E-state index contributed by atoms with van der Waals surface area (Å²) in [7, 11) is 0. The first kappa shape index (κ1) is 13.4. The molecule has 5 heteroatoms. The Bertz CT molecular complexity index is 226. The van der Waals surface area contributed by atoms with Gasteiger partial charge in [0.2, 0.25) is 0 Å². The third-order valence-corrected chi connectivity index (χ3v) is 2.80. The van der Waals surface area contributed by atoms with Gasteiger partial charge >= 0.3 is 5.97 Å². The molecule has 0 spiro atoms. The Morgan fingerprint density at radius 3 is 2.75 bits per heavy atom. The van der Waals surface area contributed by atoms with Crippen LogP contribution in [0.25, 0.3) is 0 Å². The van der Waals surface area contributed by atoms with Gasteiger partial charge in [-0.1, -0.05) is 0 Å². The number of carbonyl (C=O) groups excluding carboxylic acids is 1. The average molecular weight is 231 g/mol. The van der Waals surface area contributed by atoms with Crippen molar-refractivity contribution in [3.05, 3.63) is 0 Å². The van der Waals surface area contributed by atoms with Gasteiger partial charge in [-0.15, -0.1) is 0 Å². The van der Waals surface area contributed by atoms with Crippen LogP contribution >= 0.6 is 0 Å². The Labute approximate surface area is 96.1 Å². The van der Waals surface area contributed by atoms with Crippen molar-refractivity contribution in [2.24, 2.45) is 0 Å². The largest absolute Gasteiger partial charge is 0.465 e. The molecule has 0 aromatic heterocycles. The van der Waals surface area contributed by atoms with E-state index in [0.717, 1.165) is 0 Å². The number of aliphatic hydroxyl groups is 1. The number of esters is 1. The van der Waals surface area contributed by atoms with Crippen molar-refractivity contribution < 1.29 is 19.4 Å². The van der Waals surface area contributed by atoms with Crippen molar-refractivity contribution in [2.75, 3.05) is 26.4 Å². The molecule has 1 rings (SSSR count). The van der Waals surface area contributed by atoms with E-state index in [2.05, 4.69) is 5.32 Å². The van der Waals surface area contributed by atoms with Crippen LogP contribution < -0.4 is 5.32 Å². The van der Waals surface area contributed by atoms with Crippen LogP contribution in [0.1, 0.15) is 26.7 Å². The lowest BCUT2D eigenvalue weighted by Crippen LogP contribution is -2.49. The minimum absolute atomic E-state index is 0.279. The van der Waals surface area contributed by atoms with Gasteiger partial charge in [-0.3, -0.25) is 4.79 Å². The SMILES string of the molecule is CCOC(=O)C(C)NCC1(O)CCOCC1. The summed E-state index contributed by atoms with van der Waals surface area (Å²) < 4.78 is 10.0. The van der Waals surface area contributed by atoms with Crippen molar-refractivity contribution in [1.29, 1.82) is 0 Å². The topological polar surface area (TPSA) is 67.8 Å². The van der Waals surface area contributed by atoms with Gasteiger partial charge in [-0.2, -0.15) is 0 Å². The van der Waals surface area contributed by atoms with Crippen LogP contribution in [0.15, 0.2) is 0 Å². The van der Waals surface area contributed by atoms with Gasteiger partial charge in [0.25, 0.3) is 0 Å². The van der Waals surface area contributed by atoms with E-state index in [0.29, 0.717) is 39.2 Å². The first-order valence-electron chi connectivity index (χ1n) is 5.77. The Hall–Kier alpha value is -0.650. The van der Waals surface area contributed by atoms with Crippen LogP contribution in [0.5, 0.6) is 0 Å². The van der Waals surface area contributed by atoms with Crippen LogP contribution in [-0.4, -0.2) is 49.1 Å². The minimum atomic E-state index is -0.751. The number of hydrogen-bond donors (Lipinski definition) is 2. The fourth-order valence-electron chi connectivity index (χ4n) is 1.62. The van der Waals surface area contributed by atoms with E-state index in [-0.39, 0.29) is 12.0 Å². The van der Waals surface area contributed by atoms with Gasteiger partial charge in [0.05, 0.1) is 12.2 Å². The van der Waals surface area contributed by atoms with Crippen LogP contribution in [0.2, 0.25) is 0 Å². The zero-order chi connectivity index (χ0) is 12.0. The number of ether oxygens (including phenoxy) is 2. The van der Waals surface area contributed by atoms with E-state index in [4.69, 9.17) is 9.47 Å². The number of nitrogens with one attached hydrogen (secondary N) is 1. The van der Waals surface area contributed by atoms with E-state index in [1.54, 1.807) is 13.8 Å². The van der Waals surface area contributed by atoms with Crippen molar-refractivity contribution >= 4 is 5.97 Å². The molecule has 1 saturated heterocycles. The molecule has 0 saturated carbocycles. The maximum atomic E-state index is 11.3. The maximum absolute atomic E-state index is 11.3. The highest BCUT2D eigenvalue weighted by Gasteiger charge is 2.30. The maximum Gasteiger partial charge on any atom is 0.322 e. The molecule has 5 nitrogen and oxygen atoms in total. The first-order chi connectivity index (χ1) is 7.57. The molecule has 0 radical (unpaired) electrons. The van der Waals surface area contributed by atoms with E-state index in [9.17, 15) is 9.90 Å². The Kier molecular flexibility index (Phi) is 5.18. The summed E-state index contributed by atoms with van der Waals surface area (Å²) in [6.45, 7) is 5.44. The second-order valence-electron chi connectivity index (χ2n) is 4.19. The van der Waals surface area contributed by atoms with Crippen LogP contribution in [0.3, 0.4) is 0 Å². The van der Waals surface area contributed by atoms with Crippen molar-refractivity contribution in [1.82, 2.24) is 5.32 Å². The quantitative estimate of drug-likeness (QED) is 0.655. The van der Waals surface area contributed by atoms with Crippen molar-refractivity contribution in [3.63, 3.8) is 0 Å². The Morgan fingerprint density at radius 1 is 1.56 bits per heavy atom. The zero-order valence-electron chi connectivity index (χ0n) is 9.99. The number of hydrogen-bond acceptors (Lipinski definition) is 5. The van der Waals surface area contributed by atoms with Gasteiger partial charge in [0.15, 0.2) is 0 Å². The molecule has 1 aliphatic rings. The molecule has 0 aromatic rings. The fraction of sp³-hybridized carbons (Fsp3) is 0.909. The molecule has 1 atom stereocenters. The summed E-state index contributed by atoms with van der Waals surface area (Å²) in [6.07, 6.45) is 1.21. The van der Waals surface area contributed by atoms with Gasteiger partial charge in [0.1, 0.15) is 6.04 Å². The zero-order valence-corrected chi connectivity index (χ0v) is 9.99. The van der Waals surface area contributed by atoms with Crippen molar-refractivity contribution in [2.45, 2.75) is 38.3 Å². The monoisotopic (exact) mass is 231 g/mol. The molecule has 2 N–H and O–H groups in total. The summed E-state index contributed by atoms with van der Waals surface area (Å²) >= 11 is 0. The normalized spacial score (nSPS) is 21.4. The number of carbonyl (C=O) groups is 1. The minimum Gasteiger partial charge on any atom is -0.465 e. The molecule has 16 heavy (non-hydrogen) atoms. The molecule has 1 unspecified atom stereocenters. The van der Waals surface area contributed by atoms with E-state index in [1.165, 1.54) is 0 Å². The number of rotatable bonds is 5. The predicted molar refractivity (Wildman–Crippen MR) is 59.1 cm³/mol. The third kappa shape index (κ3) is 4.08. The molecule has 94 valence electrons. The van der Waals surface area contributed by atoms with Crippen LogP contribution in [-0.2, 0) is 14.3 Å². The summed E-state index contributed by atoms with van der Waals surface area (Å²) in [5.74, 6) is -0.279. The highest BCUT2D eigenvalue weighted by atomic mass is 16.5. The van der Waals surface area contributed by atoms with Gasteiger partial charge in [0, 0.05) is 32.6 Å². The second-order valence-corrected chi connectivity index (χ2v) is 4.19. The van der Waals surface area contributed by atoms with E-state index < -0.39 is 5.60 Å². The fourth-order valence-corrected chi connectivity index (χ4v) is 1.62. The Balaban J connectivity index is 2.29. The molecule has 1 fully saturated rings. The lowest BCUT2D eigenvalue weighted by atomic mass is 9.94. The first-order valence-corrected chi connectivity index (χ1v) is 5.77. The summed E-state index contributed by atoms with van der Waals surface area (Å²) in [5, 5.41) is 13.1. The Morgan fingerprint density at radius 2 is 2.19 bits per heavy atom. The highest BCUT2D eigenvalue weighted by molar-refractivity contribution is 5.75. The lowest BCUT2D eigenvalue weighted by Gasteiger charge is -2.33. The standard InChI is InChI=1S/C11H21NO4/c1-3-16-10(13)9(2)12-8-11(14)4-6-15-7-5-11/h9,12,14H,3-8H2,1-2H3. The summed E-state index contributed by atoms with van der Waals surface area (Å²) in [6, 6.07) is -0.383. The molecular weight excluding hydrogens is 210 g/mol. The molecule has 0 aromatic carbocycles. The molecule has 0 aliphatic carbocycles. The van der Waals surface area contributed by atoms with Gasteiger partial charge in [-0.25, -0.2) is 0 Å². The summed E-state index contributed by atoms with van der Waals surface area (Å²) in [4.78, 5) is 11.3. The highest BCUT2D eigenvalue weighted by Crippen LogP contribution is 2.19. The second kappa shape index (κ2) is 6.18. The van der Waals surface area contributed by atoms with E-state index >= 15 is 0 Å². The molecule has 0 bridgehead atoms. The average Bonchev–Trinajstić information content (AvgIpc) is 2.27. The van der Waals surface area contributed by atoms with Crippen LogP contribution in [0, 0.1) is 0 Å². The smallest absolute Gasteiger partial charge is 0.322 e. The predicted octanol–water partition coefficient (Wildman–Crippen LogP) is 0.0691. The van der Waals surface area contributed by atoms with Gasteiger partial charge < -0.3 is 19.9 Å². The molecule has 0 amide bonds.